The molecule has 1 heterocycles. The number of hydrogen-bond acceptors (Lipinski definition) is 3. The van der Waals surface area contributed by atoms with Crippen LogP contribution in [0.15, 0.2) is 48.5 Å². The van der Waals surface area contributed by atoms with Crippen LogP contribution in [0.4, 0.5) is 0 Å². The number of nitrogens with zero attached hydrogens (tertiary/aromatic N) is 1. The predicted molar refractivity (Wildman–Crippen MR) is 93.1 cm³/mol. The molecule has 122 valence electrons. The summed E-state index contributed by atoms with van der Waals surface area (Å²) in [6.45, 7) is 2.30. The van der Waals surface area contributed by atoms with Gasteiger partial charge in [-0.2, -0.15) is 0 Å². The minimum Gasteiger partial charge on any atom is -0.508 e. The lowest BCUT2D eigenvalue weighted by molar-refractivity contribution is 0.255. The molecule has 0 radical (unpaired) electrons. The molecule has 0 saturated carbocycles. The number of aromatic hydroxyl groups is 1. The van der Waals surface area contributed by atoms with Gasteiger partial charge in [0.2, 0.25) is 0 Å². The Labute approximate surface area is 138 Å². The fourth-order valence-corrected chi connectivity index (χ4v) is 3.39. The van der Waals surface area contributed by atoms with Crippen molar-refractivity contribution in [1.82, 2.24) is 4.90 Å². The van der Waals surface area contributed by atoms with E-state index >= 15 is 0 Å². The van der Waals surface area contributed by atoms with Crippen molar-refractivity contribution in [1.29, 1.82) is 0 Å². The van der Waals surface area contributed by atoms with Gasteiger partial charge in [-0.3, -0.25) is 4.90 Å². The lowest BCUT2D eigenvalue weighted by Gasteiger charge is -2.24. The van der Waals surface area contributed by atoms with E-state index in [1.807, 2.05) is 24.3 Å². The van der Waals surface area contributed by atoms with Gasteiger partial charge < -0.3 is 9.84 Å². The average molecular weight is 311 g/mol. The molecule has 1 N–H and O–H groups in total. The van der Waals surface area contributed by atoms with Crippen LogP contribution in [0.5, 0.6) is 11.5 Å². The maximum Gasteiger partial charge on any atom is 0.118 e. The van der Waals surface area contributed by atoms with Crippen LogP contribution in [0.1, 0.15) is 24.0 Å². The van der Waals surface area contributed by atoms with Gasteiger partial charge in [0.25, 0.3) is 0 Å². The first-order valence-electron chi connectivity index (χ1n) is 8.39. The number of phenols is 1. The molecule has 0 spiro atoms. The zero-order valence-electron chi connectivity index (χ0n) is 13.7. The molecule has 3 nitrogen and oxygen atoms in total. The summed E-state index contributed by atoms with van der Waals surface area (Å²) in [6.07, 6.45) is 4.70. The molecule has 1 unspecified atom stereocenters. The summed E-state index contributed by atoms with van der Waals surface area (Å²) < 4.78 is 5.21. The Bertz CT molecular complexity index is 607. The Morgan fingerprint density at radius 3 is 2.43 bits per heavy atom. The standard InChI is InChI=1S/C20H25NO2/c1-23-20-10-6-16(7-11-20)12-14-21-13-2-3-18(21)15-17-4-8-19(22)9-5-17/h4-11,18,22H,2-3,12-15H2,1H3. The third-order valence-electron chi connectivity index (χ3n) is 4.75. The predicted octanol–water partition coefficient (Wildman–Crippen LogP) is 3.65. The van der Waals surface area contributed by atoms with E-state index < -0.39 is 0 Å². The van der Waals surface area contributed by atoms with Gasteiger partial charge in [0.1, 0.15) is 11.5 Å². The molecule has 0 aliphatic carbocycles. The van der Waals surface area contributed by atoms with Crippen molar-refractivity contribution in [2.75, 3.05) is 20.2 Å². The van der Waals surface area contributed by atoms with Crippen molar-refractivity contribution >= 4 is 0 Å². The van der Waals surface area contributed by atoms with Crippen LogP contribution in [0.3, 0.4) is 0 Å². The molecule has 0 aromatic heterocycles. The highest BCUT2D eigenvalue weighted by atomic mass is 16.5. The summed E-state index contributed by atoms with van der Waals surface area (Å²) >= 11 is 0. The Morgan fingerprint density at radius 2 is 1.74 bits per heavy atom. The van der Waals surface area contributed by atoms with Gasteiger partial charge in [0, 0.05) is 12.6 Å². The lowest BCUT2D eigenvalue weighted by atomic mass is 10.0. The van der Waals surface area contributed by atoms with E-state index in [2.05, 4.69) is 17.0 Å². The van der Waals surface area contributed by atoms with Gasteiger partial charge in [-0.05, 0) is 67.6 Å². The molecule has 0 bridgehead atoms. The first kappa shape index (κ1) is 15.9. The molecular weight excluding hydrogens is 286 g/mol. The minimum absolute atomic E-state index is 0.344. The molecule has 1 saturated heterocycles. The molecule has 1 aliphatic heterocycles. The van der Waals surface area contributed by atoms with Crippen LogP contribution in [0.2, 0.25) is 0 Å². The smallest absolute Gasteiger partial charge is 0.118 e. The van der Waals surface area contributed by atoms with Gasteiger partial charge in [-0.1, -0.05) is 24.3 Å². The third-order valence-corrected chi connectivity index (χ3v) is 4.75. The second-order valence-electron chi connectivity index (χ2n) is 6.30. The van der Waals surface area contributed by atoms with Crippen molar-refractivity contribution < 1.29 is 9.84 Å². The van der Waals surface area contributed by atoms with E-state index in [9.17, 15) is 5.11 Å². The van der Waals surface area contributed by atoms with Gasteiger partial charge >= 0.3 is 0 Å². The van der Waals surface area contributed by atoms with Gasteiger partial charge in [-0.25, -0.2) is 0 Å². The highest BCUT2D eigenvalue weighted by molar-refractivity contribution is 5.28. The maximum atomic E-state index is 9.40. The normalized spacial score (nSPS) is 18.2. The summed E-state index contributed by atoms with van der Waals surface area (Å²) in [7, 11) is 1.70. The Kier molecular flexibility index (Phi) is 5.19. The summed E-state index contributed by atoms with van der Waals surface area (Å²) in [4.78, 5) is 2.61. The van der Waals surface area contributed by atoms with E-state index in [-0.39, 0.29) is 0 Å². The van der Waals surface area contributed by atoms with Crippen molar-refractivity contribution in [2.24, 2.45) is 0 Å². The van der Waals surface area contributed by atoms with Crippen molar-refractivity contribution in [3.8, 4) is 11.5 Å². The minimum atomic E-state index is 0.344. The number of phenolic OH excluding ortho intramolecular Hbond substituents is 1. The van der Waals surface area contributed by atoms with Crippen molar-refractivity contribution in [3.63, 3.8) is 0 Å². The molecule has 3 heteroatoms. The zero-order chi connectivity index (χ0) is 16.1. The van der Waals surface area contributed by atoms with E-state index in [1.165, 1.54) is 30.5 Å². The molecule has 23 heavy (non-hydrogen) atoms. The molecule has 0 amide bonds. The zero-order valence-corrected chi connectivity index (χ0v) is 13.7. The number of ether oxygens (including phenoxy) is 1. The Hall–Kier alpha value is -2.00. The number of rotatable bonds is 6. The maximum absolute atomic E-state index is 9.40. The van der Waals surface area contributed by atoms with E-state index in [1.54, 1.807) is 19.2 Å². The summed E-state index contributed by atoms with van der Waals surface area (Å²) in [5.74, 6) is 1.26. The lowest BCUT2D eigenvalue weighted by Crippen LogP contribution is -2.32. The van der Waals surface area contributed by atoms with Crippen LogP contribution in [-0.4, -0.2) is 36.2 Å². The number of benzene rings is 2. The molecule has 1 atom stereocenters. The fraction of sp³-hybridized carbons (Fsp3) is 0.400. The van der Waals surface area contributed by atoms with E-state index in [0.29, 0.717) is 11.8 Å². The highest BCUT2D eigenvalue weighted by Gasteiger charge is 2.24. The first-order chi connectivity index (χ1) is 11.2. The monoisotopic (exact) mass is 311 g/mol. The molecular formula is C20H25NO2. The van der Waals surface area contributed by atoms with Crippen LogP contribution < -0.4 is 4.74 Å². The number of hydrogen-bond donors (Lipinski definition) is 1. The third kappa shape index (κ3) is 4.26. The molecule has 2 aromatic carbocycles. The number of likely N-dealkylation sites (tertiary alicyclic amines) is 1. The Morgan fingerprint density at radius 1 is 1.04 bits per heavy atom. The average Bonchev–Trinajstić information content (AvgIpc) is 3.02. The molecule has 1 aliphatic rings. The van der Waals surface area contributed by atoms with Crippen molar-refractivity contribution in [3.05, 3.63) is 59.7 Å². The topological polar surface area (TPSA) is 32.7 Å². The second-order valence-corrected chi connectivity index (χ2v) is 6.30. The highest BCUT2D eigenvalue weighted by Crippen LogP contribution is 2.23. The van der Waals surface area contributed by atoms with Gasteiger partial charge in [0.05, 0.1) is 7.11 Å². The molecule has 3 rings (SSSR count). The fourth-order valence-electron chi connectivity index (χ4n) is 3.39. The Balaban J connectivity index is 1.54. The summed E-state index contributed by atoms with van der Waals surface area (Å²) in [5, 5.41) is 9.40. The number of methoxy groups -OCH3 is 1. The van der Waals surface area contributed by atoms with Gasteiger partial charge in [0.15, 0.2) is 0 Å². The van der Waals surface area contributed by atoms with Crippen LogP contribution in [0.25, 0.3) is 0 Å². The first-order valence-corrected chi connectivity index (χ1v) is 8.39. The van der Waals surface area contributed by atoms with Crippen LogP contribution in [0, 0.1) is 0 Å². The quantitative estimate of drug-likeness (QED) is 0.884. The molecule has 1 fully saturated rings. The van der Waals surface area contributed by atoms with Gasteiger partial charge in [-0.15, -0.1) is 0 Å². The summed E-state index contributed by atoms with van der Waals surface area (Å²) in [5.41, 5.74) is 2.67. The van der Waals surface area contributed by atoms with Crippen LogP contribution >= 0.6 is 0 Å². The van der Waals surface area contributed by atoms with E-state index in [4.69, 9.17) is 4.74 Å². The van der Waals surface area contributed by atoms with Crippen molar-refractivity contribution in [2.45, 2.75) is 31.7 Å². The van der Waals surface area contributed by atoms with E-state index in [0.717, 1.165) is 25.1 Å². The SMILES string of the molecule is COc1ccc(CCN2CCCC2Cc2ccc(O)cc2)cc1. The molecule has 2 aromatic rings. The largest absolute Gasteiger partial charge is 0.508 e. The second kappa shape index (κ2) is 7.51. The summed E-state index contributed by atoms with van der Waals surface area (Å²) in [6, 6.07) is 16.6. The van der Waals surface area contributed by atoms with Crippen LogP contribution in [-0.2, 0) is 12.8 Å².